The summed E-state index contributed by atoms with van der Waals surface area (Å²) >= 11 is 0. The summed E-state index contributed by atoms with van der Waals surface area (Å²) < 4.78 is 5.18. The van der Waals surface area contributed by atoms with E-state index in [1.54, 1.807) is 14.0 Å². The minimum absolute atomic E-state index is 0.422. The second kappa shape index (κ2) is 10.1. The highest BCUT2D eigenvalue weighted by molar-refractivity contribution is 5.83. The Bertz CT molecular complexity index is 266. The third-order valence-electron chi connectivity index (χ3n) is 4.00. The fraction of sp³-hybridized carbons (Fsp3) is 0.933. The number of hydrogen-bond donors (Lipinski definition) is 2. The monoisotopic (exact) mass is 287 g/mol. The first-order chi connectivity index (χ1) is 9.38. The Kier molecular flexibility index (Phi) is 9.80. The molecule has 1 amide bonds. The van der Waals surface area contributed by atoms with Gasteiger partial charge in [-0.3, -0.25) is 9.69 Å². The topological polar surface area (TPSA) is 81.6 Å². The van der Waals surface area contributed by atoms with E-state index in [0.717, 1.165) is 45.4 Å². The van der Waals surface area contributed by atoms with Gasteiger partial charge >= 0.3 is 0 Å². The second-order valence-corrected chi connectivity index (χ2v) is 5.74. The molecule has 120 valence electrons. The molecule has 0 bridgehead atoms. The van der Waals surface area contributed by atoms with Crippen LogP contribution in [0.3, 0.4) is 0 Å². The van der Waals surface area contributed by atoms with Gasteiger partial charge in [-0.05, 0) is 45.6 Å². The van der Waals surface area contributed by atoms with E-state index in [0.29, 0.717) is 12.5 Å². The maximum atomic E-state index is 11.2. The van der Waals surface area contributed by atoms with E-state index in [2.05, 4.69) is 18.7 Å². The first-order valence-corrected chi connectivity index (χ1v) is 7.70. The maximum Gasteiger partial charge on any atom is 0.237 e. The van der Waals surface area contributed by atoms with Crippen molar-refractivity contribution in [2.24, 2.45) is 11.5 Å². The molecule has 0 spiro atoms. The molecule has 0 saturated heterocycles. The molecule has 5 heteroatoms. The zero-order valence-corrected chi connectivity index (χ0v) is 13.7. The van der Waals surface area contributed by atoms with E-state index in [4.69, 9.17) is 16.2 Å². The van der Waals surface area contributed by atoms with Gasteiger partial charge in [-0.2, -0.15) is 0 Å². The number of unbranched alkanes of at least 4 members (excludes halogenated alkanes) is 1. The van der Waals surface area contributed by atoms with Crippen LogP contribution in [-0.4, -0.2) is 49.2 Å². The van der Waals surface area contributed by atoms with Crippen LogP contribution < -0.4 is 11.5 Å². The molecule has 5 nitrogen and oxygen atoms in total. The van der Waals surface area contributed by atoms with Gasteiger partial charge in [0, 0.05) is 19.7 Å². The standard InChI is InChI=1S/C15H33N3O2/c1-5-13(6-2)18(11-12-20-4)10-8-7-9-15(3,17)14(16)19/h13H,5-12,17H2,1-4H3,(H2,16,19). The molecule has 0 heterocycles. The molecule has 0 saturated carbocycles. The second-order valence-electron chi connectivity index (χ2n) is 5.74. The Morgan fingerprint density at radius 3 is 2.30 bits per heavy atom. The van der Waals surface area contributed by atoms with Crippen LogP contribution in [-0.2, 0) is 9.53 Å². The molecule has 1 unspecified atom stereocenters. The highest BCUT2D eigenvalue weighted by Crippen LogP contribution is 2.13. The number of amides is 1. The van der Waals surface area contributed by atoms with Crippen LogP contribution in [0.1, 0.15) is 52.9 Å². The summed E-state index contributed by atoms with van der Waals surface area (Å²) in [5.74, 6) is -0.422. The van der Waals surface area contributed by atoms with Gasteiger partial charge in [0.15, 0.2) is 0 Å². The highest BCUT2D eigenvalue weighted by atomic mass is 16.5. The molecule has 20 heavy (non-hydrogen) atoms. The van der Waals surface area contributed by atoms with E-state index < -0.39 is 11.4 Å². The van der Waals surface area contributed by atoms with Gasteiger partial charge in [0.1, 0.15) is 0 Å². The summed E-state index contributed by atoms with van der Waals surface area (Å²) in [5.41, 5.74) is 10.3. The lowest BCUT2D eigenvalue weighted by Gasteiger charge is -2.30. The van der Waals surface area contributed by atoms with E-state index >= 15 is 0 Å². The Balaban J connectivity index is 4.16. The number of ether oxygens (including phenoxy) is 1. The molecule has 0 rings (SSSR count). The van der Waals surface area contributed by atoms with Crippen molar-refractivity contribution in [3.05, 3.63) is 0 Å². The van der Waals surface area contributed by atoms with E-state index in [-0.39, 0.29) is 0 Å². The molecule has 1 atom stereocenters. The van der Waals surface area contributed by atoms with Gasteiger partial charge in [0.2, 0.25) is 5.91 Å². The van der Waals surface area contributed by atoms with Gasteiger partial charge in [-0.25, -0.2) is 0 Å². The lowest BCUT2D eigenvalue weighted by molar-refractivity contribution is -0.122. The van der Waals surface area contributed by atoms with E-state index in [1.807, 2.05) is 0 Å². The Morgan fingerprint density at radius 1 is 1.25 bits per heavy atom. The number of rotatable bonds is 12. The van der Waals surface area contributed by atoms with Crippen LogP contribution >= 0.6 is 0 Å². The van der Waals surface area contributed by atoms with E-state index in [1.165, 1.54) is 0 Å². The van der Waals surface area contributed by atoms with E-state index in [9.17, 15) is 4.79 Å². The summed E-state index contributed by atoms with van der Waals surface area (Å²) in [6.07, 6.45) is 4.88. The zero-order valence-electron chi connectivity index (χ0n) is 13.7. The van der Waals surface area contributed by atoms with Crippen LogP contribution in [0.15, 0.2) is 0 Å². The summed E-state index contributed by atoms with van der Waals surface area (Å²) in [6, 6.07) is 0.602. The molecule has 0 radical (unpaired) electrons. The molecule has 0 aromatic heterocycles. The highest BCUT2D eigenvalue weighted by Gasteiger charge is 2.24. The van der Waals surface area contributed by atoms with Crippen molar-refractivity contribution in [1.82, 2.24) is 4.90 Å². The normalized spacial score (nSPS) is 14.8. The van der Waals surface area contributed by atoms with Crippen molar-refractivity contribution in [3.8, 4) is 0 Å². The number of carbonyl (C=O) groups is 1. The summed E-state index contributed by atoms with van der Waals surface area (Å²) in [7, 11) is 1.73. The molecule has 0 aromatic carbocycles. The molecule has 0 aliphatic heterocycles. The minimum atomic E-state index is -0.883. The summed E-state index contributed by atoms with van der Waals surface area (Å²) in [6.45, 7) is 8.88. The van der Waals surface area contributed by atoms with Gasteiger partial charge in [-0.15, -0.1) is 0 Å². The third kappa shape index (κ3) is 7.22. The smallest absolute Gasteiger partial charge is 0.237 e. The zero-order chi connectivity index (χ0) is 15.6. The van der Waals surface area contributed by atoms with Crippen LogP contribution in [0, 0.1) is 0 Å². The maximum absolute atomic E-state index is 11.2. The van der Waals surface area contributed by atoms with Crippen molar-refractivity contribution in [1.29, 1.82) is 0 Å². The first kappa shape index (κ1) is 19.4. The Labute approximate surface area is 124 Å². The average Bonchev–Trinajstić information content (AvgIpc) is 2.40. The molecule has 0 aromatic rings. The number of carbonyl (C=O) groups excluding carboxylic acids is 1. The molecule has 4 N–H and O–H groups in total. The average molecular weight is 287 g/mol. The largest absolute Gasteiger partial charge is 0.383 e. The Morgan fingerprint density at radius 2 is 1.85 bits per heavy atom. The lowest BCUT2D eigenvalue weighted by Crippen LogP contribution is -2.49. The first-order valence-electron chi connectivity index (χ1n) is 7.70. The summed E-state index contributed by atoms with van der Waals surface area (Å²) in [4.78, 5) is 13.6. The fourth-order valence-electron chi connectivity index (χ4n) is 2.42. The predicted octanol–water partition coefficient (Wildman–Crippen LogP) is 1.50. The summed E-state index contributed by atoms with van der Waals surface area (Å²) in [5, 5.41) is 0. The van der Waals surface area contributed by atoms with Crippen molar-refractivity contribution in [2.75, 3.05) is 26.8 Å². The van der Waals surface area contributed by atoms with Gasteiger partial charge < -0.3 is 16.2 Å². The lowest BCUT2D eigenvalue weighted by atomic mass is 9.95. The van der Waals surface area contributed by atoms with Crippen LogP contribution in [0.2, 0.25) is 0 Å². The van der Waals surface area contributed by atoms with Crippen molar-refractivity contribution < 1.29 is 9.53 Å². The number of primary amides is 1. The molecular formula is C15H33N3O2. The van der Waals surface area contributed by atoms with Crippen LogP contribution in [0.4, 0.5) is 0 Å². The minimum Gasteiger partial charge on any atom is -0.383 e. The van der Waals surface area contributed by atoms with Crippen LogP contribution in [0.25, 0.3) is 0 Å². The fourth-order valence-corrected chi connectivity index (χ4v) is 2.42. The van der Waals surface area contributed by atoms with Crippen molar-refractivity contribution in [3.63, 3.8) is 0 Å². The predicted molar refractivity (Wildman–Crippen MR) is 83.5 cm³/mol. The molecule has 0 aliphatic rings. The van der Waals surface area contributed by atoms with Gasteiger partial charge in [-0.1, -0.05) is 13.8 Å². The quantitative estimate of drug-likeness (QED) is 0.533. The van der Waals surface area contributed by atoms with Crippen molar-refractivity contribution >= 4 is 5.91 Å². The molecule has 0 fully saturated rings. The van der Waals surface area contributed by atoms with Gasteiger partial charge in [0.05, 0.1) is 12.1 Å². The molecular weight excluding hydrogens is 254 g/mol. The van der Waals surface area contributed by atoms with Crippen molar-refractivity contribution in [2.45, 2.75) is 64.5 Å². The molecule has 0 aliphatic carbocycles. The van der Waals surface area contributed by atoms with Crippen LogP contribution in [0.5, 0.6) is 0 Å². The number of nitrogens with zero attached hydrogens (tertiary/aromatic N) is 1. The third-order valence-corrected chi connectivity index (χ3v) is 4.00. The number of hydrogen-bond acceptors (Lipinski definition) is 4. The van der Waals surface area contributed by atoms with Gasteiger partial charge in [0.25, 0.3) is 0 Å². The Hall–Kier alpha value is -0.650. The SMILES string of the molecule is CCC(CC)N(CCCCC(C)(N)C(N)=O)CCOC. The number of methoxy groups -OCH3 is 1. The number of nitrogens with two attached hydrogens (primary N) is 2.